The lowest BCUT2D eigenvalue weighted by Crippen LogP contribution is -2.48. The molecule has 0 spiro atoms. The highest BCUT2D eigenvalue weighted by Crippen LogP contribution is 2.19. The molecule has 0 saturated carbocycles. The molecule has 0 heterocycles. The fourth-order valence-corrected chi connectivity index (χ4v) is 7.74. The van der Waals surface area contributed by atoms with Crippen molar-refractivity contribution in [1.82, 2.24) is 0 Å². The number of hydrogen-bond donors (Lipinski definition) is 30. The van der Waals surface area contributed by atoms with Gasteiger partial charge < -0.3 is 153 Å². The van der Waals surface area contributed by atoms with Crippen LogP contribution in [0.1, 0.15) is 198 Å². The van der Waals surface area contributed by atoms with E-state index in [-0.39, 0.29) is 47.3 Å². The summed E-state index contributed by atoms with van der Waals surface area (Å²) < 4.78 is 0. The van der Waals surface area contributed by atoms with Crippen molar-refractivity contribution in [3.8, 4) is 0 Å². The fraction of sp³-hybridized carbons (Fsp3) is 0.985. The van der Waals surface area contributed by atoms with E-state index in [0.717, 1.165) is 6.92 Å². The zero-order valence-corrected chi connectivity index (χ0v) is 63.6. The molecule has 31 nitrogen and oxygen atoms in total. The fourth-order valence-electron chi connectivity index (χ4n) is 7.74. The average molecular weight is 1460 g/mol. The summed E-state index contributed by atoms with van der Waals surface area (Å²) in [6.45, 7) is 38.7. The summed E-state index contributed by atoms with van der Waals surface area (Å²) in [5.74, 6) is -1.64. The van der Waals surface area contributed by atoms with E-state index >= 15 is 0 Å². The van der Waals surface area contributed by atoms with Crippen molar-refractivity contribution in [2.45, 2.75) is 375 Å². The highest BCUT2D eigenvalue weighted by molar-refractivity contribution is 5.80. The van der Waals surface area contributed by atoms with E-state index in [0.29, 0.717) is 38.5 Å². The first kappa shape index (κ1) is 113. The maximum absolute atomic E-state index is 10.7. The van der Waals surface area contributed by atoms with Crippen LogP contribution in [0.4, 0.5) is 0 Å². The van der Waals surface area contributed by atoms with Gasteiger partial charge in [0, 0.05) is 0 Å². The number of rotatable bonds is 37. The molecule has 0 fully saturated rings. The van der Waals surface area contributed by atoms with Gasteiger partial charge in [-0.25, -0.2) is 0 Å². The molecule has 0 rings (SSSR count). The molecule has 31 heteroatoms. The van der Waals surface area contributed by atoms with Gasteiger partial charge in [-0.05, 0) is 92.8 Å². The Kier molecular flexibility index (Phi) is 70.5. The van der Waals surface area contributed by atoms with Gasteiger partial charge in [0.2, 0.25) is 0 Å². The molecule has 608 valence electrons. The van der Waals surface area contributed by atoms with Crippen molar-refractivity contribution in [3.63, 3.8) is 0 Å². The molecule has 99 heavy (non-hydrogen) atoms. The lowest BCUT2D eigenvalue weighted by molar-refractivity contribution is -0.145. The lowest BCUT2D eigenvalue weighted by atomic mass is 9.94. The van der Waals surface area contributed by atoms with Crippen LogP contribution in [-0.4, -0.2) is 343 Å². The molecule has 0 aliphatic rings. The summed E-state index contributed by atoms with van der Waals surface area (Å²) in [7, 11) is 0. The third-order valence-electron chi connectivity index (χ3n) is 16.2. The SMILES string of the molecule is CC(=O)[C@@H](O)[C@H](O)[C@H](O)[C@@H](O)C(C)C.CC(C)[C@H](O)[C@@H](O)[C@@H](O)[C@H](O)CO.CC[C@@H](O)[C@@H](O)[C@@H](O)C(C)C.CC[C@@H](O)[C@@H](O)[C@H](O)[C@@H](O)C(C)C.CC[C@@H](O)[C@@H](O)[C@H](O)[C@@H](O)C(C)C.CC[C@@H](O)[C@H](O)[C@@H](O)C(C)C.CC[C@H](O)[C@H](O)[C@@H](O)C(C)C.CC[C@H](O)[C@H](O)[C@@H](O)[C@@H](O)C(C)C. The Bertz CT molecular complexity index is 1600. The minimum Gasteiger partial charge on any atom is -0.394 e. The maximum atomic E-state index is 10.7. The van der Waals surface area contributed by atoms with Crippen LogP contribution in [0.3, 0.4) is 0 Å². The quantitative estimate of drug-likeness (QED) is 0.0279. The second kappa shape index (κ2) is 61.6. The lowest BCUT2D eigenvalue weighted by Gasteiger charge is -2.27. The summed E-state index contributed by atoms with van der Waals surface area (Å²) in [5, 5.41) is 277. The van der Waals surface area contributed by atoms with E-state index in [9.17, 15) is 127 Å². The smallest absolute Gasteiger partial charge is 0.160 e. The molecule has 0 aromatic rings. The van der Waals surface area contributed by atoms with Crippen molar-refractivity contribution in [1.29, 1.82) is 0 Å². The Labute approximate surface area is 590 Å². The molecular weight excluding hydrogens is 1310 g/mol. The normalized spacial score (nSPS) is 20.7. The molecule has 0 radical (unpaired) electrons. The van der Waals surface area contributed by atoms with E-state index in [1.54, 1.807) is 152 Å². The van der Waals surface area contributed by atoms with Crippen LogP contribution in [0.5, 0.6) is 0 Å². The molecule has 0 unspecified atom stereocenters. The molecule has 0 aliphatic carbocycles. The van der Waals surface area contributed by atoms with Crippen molar-refractivity contribution in [3.05, 3.63) is 0 Å². The zero-order chi connectivity index (χ0) is 80.9. The molecule has 0 bridgehead atoms. The third kappa shape index (κ3) is 49.1. The molecule has 30 N–H and O–H groups in total. The van der Waals surface area contributed by atoms with E-state index in [1.165, 1.54) is 0 Å². The average Bonchev–Trinajstić information content (AvgIpc) is 1.00. The van der Waals surface area contributed by atoms with Crippen LogP contribution in [0, 0.1) is 47.3 Å². The minimum atomic E-state index is -1.65. The van der Waals surface area contributed by atoms with Gasteiger partial charge in [0.15, 0.2) is 5.78 Å². The minimum absolute atomic E-state index is 0.0220. The topological polar surface area (TPSA) is 624 Å². The highest BCUT2D eigenvalue weighted by atomic mass is 16.4. The number of ketones is 1. The first-order chi connectivity index (χ1) is 44.9. The largest absolute Gasteiger partial charge is 0.394 e. The summed E-state index contributed by atoms with van der Waals surface area (Å²) in [6, 6.07) is 0. The Balaban J connectivity index is -0.000000160. The first-order valence-electron chi connectivity index (χ1n) is 34.8. The van der Waals surface area contributed by atoms with Crippen LogP contribution in [0.2, 0.25) is 0 Å². The Morgan fingerprint density at radius 3 is 0.414 bits per heavy atom. The second-order valence-corrected chi connectivity index (χ2v) is 27.9. The molecule has 0 saturated heterocycles. The first-order valence-corrected chi connectivity index (χ1v) is 34.8. The second-order valence-electron chi connectivity index (χ2n) is 27.9. The number of carbonyl (C=O) groups excluding carboxylic acids is 1. The predicted molar refractivity (Wildman–Crippen MR) is 372 cm³/mol. The predicted octanol–water partition coefficient (Wildman–Crippen LogP) is -4.35. The van der Waals surface area contributed by atoms with Gasteiger partial charge >= 0.3 is 0 Å². The summed E-state index contributed by atoms with van der Waals surface area (Å²) in [4.78, 5) is 10.7. The summed E-state index contributed by atoms with van der Waals surface area (Å²) in [5.41, 5.74) is 0. The van der Waals surface area contributed by atoms with Crippen molar-refractivity contribution >= 4 is 5.78 Å². The number of aliphatic hydroxyl groups is 30. The Morgan fingerprint density at radius 2 is 0.303 bits per heavy atom. The molecular formula is C68H150O31. The van der Waals surface area contributed by atoms with E-state index in [1.807, 2.05) is 0 Å². The monoisotopic (exact) mass is 1460 g/mol. The van der Waals surface area contributed by atoms with Gasteiger partial charge in [-0.2, -0.15) is 0 Å². The van der Waals surface area contributed by atoms with E-state index in [4.69, 9.17) is 30.6 Å². The number of Topliss-reactive ketones (excluding diaryl/α,β-unsaturated/α-hetero) is 1. The number of hydrogen-bond acceptors (Lipinski definition) is 31. The molecule has 0 amide bonds. The van der Waals surface area contributed by atoms with Crippen molar-refractivity contribution in [2.75, 3.05) is 6.61 Å². The van der Waals surface area contributed by atoms with Gasteiger partial charge in [-0.15, -0.1) is 0 Å². The summed E-state index contributed by atoms with van der Waals surface area (Å²) in [6.07, 6.45) is -30.7. The van der Waals surface area contributed by atoms with E-state index in [2.05, 4.69) is 0 Å². The van der Waals surface area contributed by atoms with E-state index < -0.39 is 189 Å². The van der Waals surface area contributed by atoms with Gasteiger partial charge in [0.25, 0.3) is 0 Å². The number of aliphatic hydroxyl groups excluding tert-OH is 30. The van der Waals surface area contributed by atoms with Crippen LogP contribution >= 0.6 is 0 Å². The third-order valence-corrected chi connectivity index (χ3v) is 16.2. The van der Waals surface area contributed by atoms with Crippen LogP contribution in [-0.2, 0) is 4.79 Å². The highest BCUT2D eigenvalue weighted by Gasteiger charge is 2.37. The van der Waals surface area contributed by atoms with Gasteiger partial charge in [-0.3, -0.25) is 4.79 Å². The zero-order valence-electron chi connectivity index (χ0n) is 63.6. The van der Waals surface area contributed by atoms with Crippen LogP contribution < -0.4 is 0 Å². The summed E-state index contributed by atoms with van der Waals surface area (Å²) >= 11 is 0. The van der Waals surface area contributed by atoms with Crippen LogP contribution in [0.15, 0.2) is 0 Å². The van der Waals surface area contributed by atoms with Crippen molar-refractivity contribution in [2.24, 2.45) is 47.3 Å². The van der Waals surface area contributed by atoms with Gasteiger partial charge in [-0.1, -0.05) is 152 Å². The Morgan fingerprint density at radius 1 is 0.192 bits per heavy atom. The molecule has 0 aromatic heterocycles. The Hall–Kier alpha value is -1.53. The number of carbonyl (C=O) groups is 1. The van der Waals surface area contributed by atoms with Gasteiger partial charge in [0.05, 0.1) is 92.1 Å². The molecule has 29 atom stereocenters. The molecule has 0 aliphatic heterocycles. The standard InChI is InChI=1S/C9H18O5.3C9H20O4.C8H18O5.3C8H18O3/c1-4(2)6(11)8(13)9(14)7(12)5(3)10;3*1-4-6(10)8(12)9(13)7(11)5(2)3;1-4(2)6(11)8(13)7(12)5(10)3-9;3*1-4-6(9)8(11)7(10)5(2)3/h4,6-9,11-14H,1-3H3;3*5-13H,4H2,1-3H3;4-13H,3H2,1-2H3;3*5-11H,4H2,1-3H3/t6-,7+,8+,9-;2*6-,7+,8-,9-;6-,7-,8-,9-;5-,6+,7+,8-;6-,7+,8+;6-,7+,8-;6-,7-,8-/m01101110/s1. The van der Waals surface area contributed by atoms with Crippen molar-refractivity contribution < 1.29 is 158 Å². The maximum Gasteiger partial charge on any atom is 0.160 e. The molecule has 0 aromatic carbocycles. The van der Waals surface area contributed by atoms with Crippen LogP contribution in [0.25, 0.3) is 0 Å². The van der Waals surface area contributed by atoms with Gasteiger partial charge in [0.1, 0.15) is 91.6 Å².